The molecule has 0 atom stereocenters. The zero-order valence-corrected chi connectivity index (χ0v) is 11.9. The van der Waals surface area contributed by atoms with Gasteiger partial charge in [-0.1, -0.05) is 13.8 Å². The van der Waals surface area contributed by atoms with Crippen molar-refractivity contribution in [2.75, 3.05) is 18.0 Å². The Bertz CT molecular complexity index is 514. The number of aromatic nitrogens is 2. The van der Waals surface area contributed by atoms with E-state index in [2.05, 4.69) is 28.7 Å². The molecule has 1 aromatic rings. The molecule has 4 heteroatoms. The molecule has 1 N–H and O–H groups in total. The van der Waals surface area contributed by atoms with Crippen molar-refractivity contribution >= 4 is 5.82 Å². The smallest absolute Gasteiger partial charge is 0.252 e. The van der Waals surface area contributed by atoms with Crippen molar-refractivity contribution in [1.82, 2.24) is 9.97 Å². The number of hydrogen-bond donors (Lipinski definition) is 1. The molecule has 0 spiro atoms. The lowest BCUT2D eigenvalue weighted by molar-refractivity contribution is 0.301. The van der Waals surface area contributed by atoms with Crippen LogP contribution in [0, 0.1) is 5.41 Å². The predicted octanol–water partition coefficient (Wildman–Crippen LogP) is 2.66. The van der Waals surface area contributed by atoms with Gasteiger partial charge >= 0.3 is 0 Å². The molecule has 1 aliphatic carbocycles. The van der Waals surface area contributed by atoms with E-state index in [-0.39, 0.29) is 5.56 Å². The Morgan fingerprint density at radius 1 is 1.42 bits per heavy atom. The van der Waals surface area contributed by atoms with E-state index in [1.165, 1.54) is 32.1 Å². The maximum Gasteiger partial charge on any atom is 0.252 e. The normalized spacial score (nSPS) is 21.9. The molecule has 0 bridgehead atoms. The fraction of sp³-hybridized carbons (Fsp3) is 0.733. The fourth-order valence-corrected chi connectivity index (χ4v) is 3.13. The van der Waals surface area contributed by atoms with Crippen LogP contribution in [0.4, 0.5) is 5.82 Å². The molecule has 0 radical (unpaired) electrons. The van der Waals surface area contributed by atoms with E-state index in [0.29, 0.717) is 11.3 Å². The number of aromatic amines is 1. The molecule has 0 unspecified atom stereocenters. The maximum atomic E-state index is 11.8. The number of rotatable bonds is 4. The number of anilines is 1. The van der Waals surface area contributed by atoms with E-state index < -0.39 is 0 Å². The van der Waals surface area contributed by atoms with Crippen LogP contribution in [-0.2, 0) is 0 Å². The van der Waals surface area contributed by atoms with E-state index in [4.69, 9.17) is 0 Å². The summed E-state index contributed by atoms with van der Waals surface area (Å²) in [6.07, 6.45) is 5.96. The van der Waals surface area contributed by atoms with Crippen LogP contribution in [0.3, 0.4) is 0 Å². The summed E-state index contributed by atoms with van der Waals surface area (Å²) in [5, 5.41) is 0. The SMILES string of the molecule is CCC1(CC)CCN(c2cc(=O)[nH]c(C3CC3)n2)C1. The Morgan fingerprint density at radius 3 is 2.74 bits per heavy atom. The van der Waals surface area contributed by atoms with Crippen LogP contribution in [0.1, 0.15) is 57.7 Å². The minimum absolute atomic E-state index is 0.00241. The summed E-state index contributed by atoms with van der Waals surface area (Å²) in [4.78, 5) is 21.6. The molecule has 104 valence electrons. The Labute approximate surface area is 114 Å². The highest BCUT2D eigenvalue weighted by molar-refractivity contribution is 5.40. The van der Waals surface area contributed by atoms with Gasteiger partial charge < -0.3 is 9.88 Å². The molecule has 19 heavy (non-hydrogen) atoms. The van der Waals surface area contributed by atoms with Crippen molar-refractivity contribution in [2.24, 2.45) is 5.41 Å². The van der Waals surface area contributed by atoms with Gasteiger partial charge in [0.05, 0.1) is 0 Å². The Morgan fingerprint density at radius 2 is 2.16 bits per heavy atom. The quantitative estimate of drug-likeness (QED) is 0.906. The van der Waals surface area contributed by atoms with Crippen molar-refractivity contribution in [3.05, 3.63) is 22.2 Å². The third-order valence-corrected chi connectivity index (χ3v) is 4.97. The molecule has 0 amide bonds. The second kappa shape index (κ2) is 4.66. The lowest BCUT2D eigenvalue weighted by atomic mass is 9.82. The second-order valence-electron chi connectivity index (χ2n) is 6.14. The van der Waals surface area contributed by atoms with E-state index in [1.54, 1.807) is 6.07 Å². The third-order valence-electron chi connectivity index (χ3n) is 4.97. The molecule has 4 nitrogen and oxygen atoms in total. The first-order valence-electron chi connectivity index (χ1n) is 7.52. The molecular formula is C15H23N3O. The Balaban J connectivity index is 1.85. The summed E-state index contributed by atoms with van der Waals surface area (Å²) in [5.41, 5.74) is 0.418. The van der Waals surface area contributed by atoms with Gasteiger partial charge in [-0.3, -0.25) is 4.79 Å². The third kappa shape index (κ3) is 2.40. The van der Waals surface area contributed by atoms with Gasteiger partial charge in [-0.2, -0.15) is 0 Å². The summed E-state index contributed by atoms with van der Waals surface area (Å²) in [5.74, 6) is 2.28. The molecule has 1 aromatic heterocycles. The number of hydrogen-bond acceptors (Lipinski definition) is 3. The van der Waals surface area contributed by atoms with E-state index in [1.807, 2.05) is 0 Å². The van der Waals surface area contributed by atoms with Gasteiger partial charge in [0.1, 0.15) is 11.6 Å². The van der Waals surface area contributed by atoms with Crippen molar-refractivity contribution in [2.45, 2.75) is 51.9 Å². The topological polar surface area (TPSA) is 49.0 Å². The van der Waals surface area contributed by atoms with Gasteiger partial charge in [0.25, 0.3) is 5.56 Å². The highest BCUT2D eigenvalue weighted by Gasteiger charge is 2.36. The predicted molar refractivity (Wildman–Crippen MR) is 76.7 cm³/mol. The first kappa shape index (κ1) is 12.7. The largest absolute Gasteiger partial charge is 0.356 e. The molecule has 1 saturated heterocycles. The molecule has 2 aliphatic rings. The van der Waals surface area contributed by atoms with Crippen molar-refractivity contribution in [3.63, 3.8) is 0 Å². The van der Waals surface area contributed by atoms with Crippen LogP contribution in [0.2, 0.25) is 0 Å². The maximum absolute atomic E-state index is 11.8. The lowest BCUT2D eigenvalue weighted by Gasteiger charge is -2.26. The van der Waals surface area contributed by atoms with Crippen LogP contribution in [-0.4, -0.2) is 23.1 Å². The summed E-state index contributed by atoms with van der Waals surface area (Å²) in [6.45, 7) is 6.62. The van der Waals surface area contributed by atoms with Crippen LogP contribution < -0.4 is 10.5 Å². The van der Waals surface area contributed by atoms with E-state index in [9.17, 15) is 4.79 Å². The first-order valence-corrected chi connectivity index (χ1v) is 7.52. The fourth-order valence-electron chi connectivity index (χ4n) is 3.13. The van der Waals surface area contributed by atoms with Crippen LogP contribution in [0.15, 0.2) is 10.9 Å². The molecular weight excluding hydrogens is 238 g/mol. The average molecular weight is 261 g/mol. The van der Waals surface area contributed by atoms with Crippen LogP contribution in [0.5, 0.6) is 0 Å². The minimum atomic E-state index is -0.00241. The van der Waals surface area contributed by atoms with Crippen LogP contribution in [0.25, 0.3) is 0 Å². The summed E-state index contributed by atoms with van der Waals surface area (Å²) in [6, 6.07) is 1.66. The number of H-pyrrole nitrogens is 1. The molecule has 0 aromatic carbocycles. The monoisotopic (exact) mass is 261 g/mol. The zero-order valence-electron chi connectivity index (χ0n) is 11.9. The van der Waals surface area contributed by atoms with Gasteiger partial charge in [0, 0.05) is 25.1 Å². The van der Waals surface area contributed by atoms with Crippen molar-refractivity contribution in [3.8, 4) is 0 Å². The van der Waals surface area contributed by atoms with Gasteiger partial charge in [0.15, 0.2) is 0 Å². The van der Waals surface area contributed by atoms with Gasteiger partial charge in [-0.05, 0) is 37.5 Å². The Kier molecular flexibility index (Phi) is 3.11. The van der Waals surface area contributed by atoms with Gasteiger partial charge in [0.2, 0.25) is 0 Å². The van der Waals surface area contributed by atoms with Crippen molar-refractivity contribution in [1.29, 1.82) is 0 Å². The molecule has 1 aliphatic heterocycles. The molecule has 1 saturated carbocycles. The average Bonchev–Trinajstić information content (AvgIpc) is 3.18. The summed E-state index contributed by atoms with van der Waals surface area (Å²) >= 11 is 0. The van der Waals surface area contributed by atoms with Crippen LogP contribution >= 0.6 is 0 Å². The number of nitrogens with one attached hydrogen (secondary N) is 1. The molecule has 2 fully saturated rings. The summed E-state index contributed by atoms with van der Waals surface area (Å²) < 4.78 is 0. The van der Waals surface area contributed by atoms with Crippen molar-refractivity contribution < 1.29 is 0 Å². The highest BCUT2D eigenvalue weighted by Crippen LogP contribution is 2.40. The van der Waals surface area contributed by atoms with Gasteiger partial charge in [-0.25, -0.2) is 4.98 Å². The molecule has 2 heterocycles. The Hall–Kier alpha value is -1.32. The van der Waals surface area contributed by atoms with E-state index in [0.717, 1.165) is 24.7 Å². The zero-order chi connectivity index (χ0) is 13.5. The highest BCUT2D eigenvalue weighted by atomic mass is 16.1. The first-order chi connectivity index (χ1) is 9.15. The van der Waals surface area contributed by atoms with E-state index >= 15 is 0 Å². The number of nitrogens with zero attached hydrogens (tertiary/aromatic N) is 2. The minimum Gasteiger partial charge on any atom is -0.356 e. The lowest BCUT2D eigenvalue weighted by Crippen LogP contribution is -2.28. The molecule has 3 rings (SSSR count). The second-order valence-corrected chi connectivity index (χ2v) is 6.14. The summed E-state index contributed by atoms with van der Waals surface area (Å²) in [7, 11) is 0. The standard InChI is InChI=1S/C15H23N3O/c1-3-15(4-2)7-8-18(10-15)12-9-13(19)17-14(16-12)11-5-6-11/h9,11H,3-8,10H2,1-2H3,(H,16,17,19). The van der Waals surface area contributed by atoms with Gasteiger partial charge in [-0.15, -0.1) is 0 Å².